The van der Waals surface area contributed by atoms with Crippen LogP contribution in [0.15, 0.2) is 12.3 Å². The van der Waals surface area contributed by atoms with Gasteiger partial charge in [-0.25, -0.2) is 9.18 Å². The Labute approximate surface area is 118 Å². The van der Waals surface area contributed by atoms with E-state index in [0.717, 1.165) is 24.8 Å². The maximum atomic E-state index is 14.0. The monoisotopic (exact) mass is 279 g/mol. The maximum Gasteiger partial charge on any atom is 0.355 e. The van der Waals surface area contributed by atoms with Crippen molar-refractivity contribution < 1.29 is 14.3 Å². The van der Waals surface area contributed by atoms with Crippen LogP contribution in [0.4, 0.5) is 4.39 Å². The quantitative estimate of drug-likeness (QED) is 0.747. The fourth-order valence-corrected chi connectivity index (χ4v) is 2.87. The molecule has 3 nitrogen and oxygen atoms in total. The fourth-order valence-electron chi connectivity index (χ4n) is 2.87. The van der Waals surface area contributed by atoms with Crippen molar-refractivity contribution in [1.82, 2.24) is 4.98 Å². The van der Waals surface area contributed by atoms with E-state index in [0.29, 0.717) is 11.5 Å². The van der Waals surface area contributed by atoms with E-state index < -0.39 is 11.8 Å². The number of hydrogen-bond acceptors (Lipinski definition) is 1. The van der Waals surface area contributed by atoms with E-state index in [1.807, 2.05) is 0 Å². The standard InChI is InChI=1S/C16H22FNO2/c1-2-3-4-5-11-6-8-12(9-7-11)13-10-18-15(14(13)17)16(19)20/h8,10-11,18H,2-7,9H2,1H3,(H,19,20). The molecule has 1 aromatic heterocycles. The van der Waals surface area contributed by atoms with Gasteiger partial charge in [-0.1, -0.05) is 38.7 Å². The Morgan fingerprint density at radius 2 is 2.30 bits per heavy atom. The smallest absolute Gasteiger partial charge is 0.355 e. The minimum Gasteiger partial charge on any atom is -0.476 e. The van der Waals surface area contributed by atoms with Crippen molar-refractivity contribution in [3.05, 3.63) is 29.3 Å². The summed E-state index contributed by atoms with van der Waals surface area (Å²) in [5, 5.41) is 8.85. The number of aromatic amines is 1. The molecule has 1 aliphatic carbocycles. The third-order valence-corrected chi connectivity index (χ3v) is 4.11. The second-order valence-electron chi connectivity index (χ2n) is 5.56. The number of nitrogens with one attached hydrogen (secondary N) is 1. The summed E-state index contributed by atoms with van der Waals surface area (Å²) in [6, 6.07) is 0. The van der Waals surface area contributed by atoms with Crippen LogP contribution in [0.2, 0.25) is 0 Å². The molecule has 0 saturated carbocycles. The Balaban J connectivity index is 2.00. The minimum atomic E-state index is -1.25. The van der Waals surface area contributed by atoms with Gasteiger partial charge < -0.3 is 10.1 Å². The van der Waals surface area contributed by atoms with Crippen LogP contribution in [0.25, 0.3) is 5.57 Å². The number of halogens is 1. The average molecular weight is 279 g/mol. The highest BCUT2D eigenvalue weighted by Gasteiger charge is 2.22. The van der Waals surface area contributed by atoms with Gasteiger partial charge in [0, 0.05) is 11.8 Å². The summed E-state index contributed by atoms with van der Waals surface area (Å²) in [5.74, 6) is -1.18. The van der Waals surface area contributed by atoms with E-state index in [1.54, 1.807) is 0 Å². The van der Waals surface area contributed by atoms with Crippen LogP contribution < -0.4 is 0 Å². The summed E-state index contributed by atoms with van der Waals surface area (Å²) in [6.45, 7) is 2.20. The number of H-pyrrole nitrogens is 1. The van der Waals surface area contributed by atoms with Crippen molar-refractivity contribution in [2.45, 2.75) is 51.9 Å². The van der Waals surface area contributed by atoms with Gasteiger partial charge in [-0.3, -0.25) is 0 Å². The molecule has 0 aliphatic heterocycles. The number of carboxylic acids is 1. The number of aromatic nitrogens is 1. The summed E-state index contributed by atoms with van der Waals surface area (Å²) in [5.41, 5.74) is 1.03. The van der Waals surface area contributed by atoms with Crippen LogP contribution in [-0.4, -0.2) is 16.1 Å². The molecule has 0 spiro atoms. The molecular formula is C16H22FNO2. The number of unbranched alkanes of at least 4 members (excludes halogenated alkanes) is 2. The number of carboxylic acid groups (broad SMARTS) is 1. The lowest BCUT2D eigenvalue weighted by atomic mass is 9.84. The number of allylic oxidation sites excluding steroid dienone is 2. The highest BCUT2D eigenvalue weighted by Crippen LogP contribution is 2.34. The Morgan fingerprint density at radius 3 is 2.85 bits per heavy atom. The van der Waals surface area contributed by atoms with E-state index in [2.05, 4.69) is 18.0 Å². The lowest BCUT2D eigenvalue weighted by Crippen LogP contribution is -2.06. The summed E-state index contributed by atoms with van der Waals surface area (Å²) in [7, 11) is 0. The lowest BCUT2D eigenvalue weighted by Gasteiger charge is -2.21. The van der Waals surface area contributed by atoms with E-state index in [-0.39, 0.29) is 5.69 Å². The summed E-state index contributed by atoms with van der Waals surface area (Å²) >= 11 is 0. The van der Waals surface area contributed by atoms with Crippen molar-refractivity contribution in [3.8, 4) is 0 Å². The van der Waals surface area contributed by atoms with Gasteiger partial charge in [0.2, 0.25) is 0 Å². The zero-order valence-electron chi connectivity index (χ0n) is 11.9. The van der Waals surface area contributed by atoms with E-state index in [4.69, 9.17) is 5.11 Å². The SMILES string of the molecule is CCCCCC1CC=C(c2c[nH]c(C(=O)O)c2F)CC1. The highest BCUT2D eigenvalue weighted by molar-refractivity contribution is 5.87. The molecule has 1 heterocycles. The zero-order valence-corrected chi connectivity index (χ0v) is 11.9. The first-order valence-electron chi connectivity index (χ1n) is 7.43. The molecule has 2 N–H and O–H groups in total. The van der Waals surface area contributed by atoms with Crippen LogP contribution in [-0.2, 0) is 0 Å². The first-order valence-corrected chi connectivity index (χ1v) is 7.43. The van der Waals surface area contributed by atoms with E-state index >= 15 is 0 Å². The third kappa shape index (κ3) is 3.30. The predicted octanol–water partition coefficient (Wildman–Crippen LogP) is 4.62. The van der Waals surface area contributed by atoms with Crippen molar-refractivity contribution in [2.24, 2.45) is 5.92 Å². The van der Waals surface area contributed by atoms with Gasteiger partial charge in [0.05, 0.1) is 0 Å². The fraction of sp³-hybridized carbons (Fsp3) is 0.562. The predicted molar refractivity (Wildman–Crippen MR) is 77.2 cm³/mol. The molecule has 0 bridgehead atoms. The zero-order chi connectivity index (χ0) is 14.5. The topological polar surface area (TPSA) is 53.1 Å². The van der Waals surface area contributed by atoms with Crippen molar-refractivity contribution in [1.29, 1.82) is 0 Å². The molecule has 20 heavy (non-hydrogen) atoms. The third-order valence-electron chi connectivity index (χ3n) is 4.11. The lowest BCUT2D eigenvalue weighted by molar-refractivity contribution is 0.0686. The molecule has 0 amide bonds. The first kappa shape index (κ1) is 14.8. The summed E-state index contributed by atoms with van der Waals surface area (Å²) in [6.07, 6.45) is 11.5. The molecule has 4 heteroatoms. The second kappa shape index (κ2) is 6.73. The van der Waals surface area contributed by atoms with Gasteiger partial charge in [0.25, 0.3) is 0 Å². The Hall–Kier alpha value is -1.58. The number of aromatic carboxylic acids is 1. The molecule has 110 valence electrons. The highest BCUT2D eigenvalue weighted by atomic mass is 19.1. The average Bonchev–Trinajstić information content (AvgIpc) is 2.82. The van der Waals surface area contributed by atoms with Crippen LogP contribution in [0.1, 0.15) is 67.9 Å². The van der Waals surface area contributed by atoms with Gasteiger partial charge in [-0.2, -0.15) is 0 Å². The number of rotatable bonds is 6. The molecule has 1 atom stereocenters. The van der Waals surface area contributed by atoms with Crippen LogP contribution >= 0.6 is 0 Å². The molecule has 1 aromatic rings. The van der Waals surface area contributed by atoms with E-state index in [1.165, 1.54) is 31.9 Å². The summed E-state index contributed by atoms with van der Waals surface area (Å²) < 4.78 is 14.0. The van der Waals surface area contributed by atoms with Crippen molar-refractivity contribution >= 4 is 11.5 Å². The van der Waals surface area contributed by atoms with Crippen LogP contribution in [0.5, 0.6) is 0 Å². The van der Waals surface area contributed by atoms with Crippen LogP contribution in [0.3, 0.4) is 0 Å². The maximum absolute atomic E-state index is 14.0. The van der Waals surface area contributed by atoms with Gasteiger partial charge in [-0.15, -0.1) is 0 Å². The normalized spacial score (nSPS) is 18.9. The van der Waals surface area contributed by atoms with Gasteiger partial charge >= 0.3 is 5.97 Å². The minimum absolute atomic E-state index is 0.342. The Morgan fingerprint density at radius 1 is 1.50 bits per heavy atom. The van der Waals surface area contributed by atoms with Gasteiger partial charge in [0.15, 0.2) is 11.5 Å². The Bertz CT molecular complexity index is 505. The van der Waals surface area contributed by atoms with E-state index in [9.17, 15) is 9.18 Å². The Kier molecular flexibility index (Phi) is 4.99. The molecule has 2 rings (SSSR count). The molecule has 1 unspecified atom stereocenters. The molecular weight excluding hydrogens is 257 g/mol. The number of carbonyl (C=O) groups is 1. The summed E-state index contributed by atoms with van der Waals surface area (Å²) in [4.78, 5) is 13.3. The van der Waals surface area contributed by atoms with Crippen molar-refractivity contribution in [2.75, 3.05) is 0 Å². The number of hydrogen-bond donors (Lipinski definition) is 2. The van der Waals surface area contributed by atoms with Gasteiger partial charge in [0.1, 0.15) is 0 Å². The molecule has 0 fully saturated rings. The molecule has 0 saturated heterocycles. The van der Waals surface area contributed by atoms with Gasteiger partial charge in [-0.05, 0) is 30.8 Å². The first-order chi connectivity index (χ1) is 9.63. The largest absolute Gasteiger partial charge is 0.476 e. The molecule has 1 aliphatic rings. The molecule has 0 aromatic carbocycles. The molecule has 0 radical (unpaired) electrons. The van der Waals surface area contributed by atoms with Crippen LogP contribution in [0, 0.1) is 11.7 Å². The van der Waals surface area contributed by atoms with Crippen molar-refractivity contribution in [3.63, 3.8) is 0 Å². The second-order valence-corrected chi connectivity index (χ2v) is 5.56.